The second kappa shape index (κ2) is 5.13. The zero-order valence-electron chi connectivity index (χ0n) is 11.1. The van der Waals surface area contributed by atoms with Gasteiger partial charge < -0.3 is 20.8 Å². The summed E-state index contributed by atoms with van der Waals surface area (Å²) in [6.45, 7) is 1.72. The first-order valence-corrected chi connectivity index (χ1v) is 6.95. The zero-order valence-corrected chi connectivity index (χ0v) is 11.9. The van der Waals surface area contributed by atoms with Gasteiger partial charge in [-0.05, 0) is 24.8 Å². The highest BCUT2D eigenvalue weighted by molar-refractivity contribution is 7.99. The highest BCUT2D eigenvalue weighted by Gasteiger charge is 2.18. The number of amides is 1. The third kappa shape index (κ3) is 2.84. The van der Waals surface area contributed by atoms with Gasteiger partial charge in [-0.15, -0.1) is 0 Å². The molecule has 21 heavy (non-hydrogen) atoms. The van der Waals surface area contributed by atoms with Crippen molar-refractivity contribution in [2.75, 3.05) is 17.7 Å². The lowest BCUT2D eigenvalue weighted by Gasteiger charge is -2.19. The molecule has 0 radical (unpaired) electrons. The first-order chi connectivity index (χ1) is 10.0. The highest BCUT2D eigenvalue weighted by Crippen LogP contribution is 2.38. The maximum Gasteiger partial charge on any atom is 0.262 e. The number of hydrogen-bond acceptors (Lipinski definition) is 6. The van der Waals surface area contributed by atoms with Gasteiger partial charge in [0, 0.05) is 28.4 Å². The van der Waals surface area contributed by atoms with Gasteiger partial charge in [-0.3, -0.25) is 9.59 Å². The number of H-pyrrole nitrogens is 1. The molecule has 1 aromatic carbocycles. The summed E-state index contributed by atoms with van der Waals surface area (Å²) in [5.74, 6) is 0.312. The van der Waals surface area contributed by atoms with Crippen LogP contribution in [-0.2, 0) is 4.79 Å². The maximum atomic E-state index is 11.4. The highest BCUT2D eigenvalue weighted by atomic mass is 32.2. The number of anilines is 2. The van der Waals surface area contributed by atoms with Crippen LogP contribution in [0.3, 0.4) is 0 Å². The van der Waals surface area contributed by atoms with E-state index in [1.54, 1.807) is 19.1 Å². The number of nitrogens with two attached hydrogens (primary N) is 1. The van der Waals surface area contributed by atoms with Gasteiger partial charge in [-0.25, -0.2) is 4.98 Å². The van der Waals surface area contributed by atoms with Crippen LogP contribution in [0.15, 0.2) is 33.0 Å². The second-order valence-corrected chi connectivity index (χ2v) is 5.55. The number of nitrogen functional groups attached to an aromatic ring is 1. The smallest absolute Gasteiger partial charge is 0.262 e. The van der Waals surface area contributed by atoms with E-state index in [1.165, 1.54) is 17.8 Å². The summed E-state index contributed by atoms with van der Waals surface area (Å²) in [4.78, 5) is 30.3. The number of nitrogens with zero attached hydrogens (tertiary/aromatic N) is 1. The third-order valence-corrected chi connectivity index (χ3v) is 3.76. The molecule has 108 valence electrons. The number of hydrogen-bond donors (Lipinski definition) is 3. The lowest BCUT2D eigenvalue weighted by Crippen LogP contribution is -2.25. The largest absolute Gasteiger partial charge is 0.482 e. The molecule has 1 aromatic heterocycles. The summed E-state index contributed by atoms with van der Waals surface area (Å²) in [5, 5.41) is 3.15. The van der Waals surface area contributed by atoms with Crippen molar-refractivity contribution in [3.8, 4) is 5.75 Å². The summed E-state index contributed by atoms with van der Waals surface area (Å²) in [5.41, 5.74) is 7.40. The summed E-state index contributed by atoms with van der Waals surface area (Å²) in [6, 6.07) is 4.76. The Bertz CT molecular complexity index is 787. The van der Waals surface area contributed by atoms with E-state index in [4.69, 9.17) is 10.5 Å². The molecule has 1 aliphatic rings. The van der Waals surface area contributed by atoms with Crippen LogP contribution < -0.4 is 21.3 Å². The Morgan fingerprint density at radius 2 is 2.14 bits per heavy atom. The molecule has 0 spiro atoms. The monoisotopic (exact) mass is 304 g/mol. The van der Waals surface area contributed by atoms with E-state index in [-0.39, 0.29) is 18.1 Å². The van der Waals surface area contributed by atoms with Gasteiger partial charge in [0.15, 0.2) is 11.8 Å². The molecule has 3 rings (SSSR count). The van der Waals surface area contributed by atoms with Gasteiger partial charge in [-0.2, -0.15) is 0 Å². The molecule has 0 bridgehead atoms. The molecule has 0 saturated heterocycles. The molecular weight excluding hydrogens is 292 g/mol. The van der Waals surface area contributed by atoms with Crippen LogP contribution in [0.25, 0.3) is 0 Å². The number of aromatic nitrogens is 2. The van der Waals surface area contributed by atoms with Crippen molar-refractivity contribution in [3.05, 3.63) is 34.2 Å². The van der Waals surface area contributed by atoms with E-state index in [1.807, 2.05) is 0 Å². The minimum atomic E-state index is -0.224. The summed E-state index contributed by atoms with van der Waals surface area (Å²) in [7, 11) is 0. The van der Waals surface area contributed by atoms with E-state index >= 15 is 0 Å². The van der Waals surface area contributed by atoms with E-state index in [0.29, 0.717) is 32.9 Å². The number of fused-ring (bicyclic) bond motifs is 1. The normalized spacial score (nSPS) is 13.3. The minimum absolute atomic E-state index is 0.0221. The minimum Gasteiger partial charge on any atom is -0.482 e. The van der Waals surface area contributed by atoms with Crippen molar-refractivity contribution >= 4 is 29.0 Å². The van der Waals surface area contributed by atoms with Crippen LogP contribution in [0, 0.1) is 6.92 Å². The summed E-state index contributed by atoms with van der Waals surface area (Å²) >= 11 is 1.22. The fraction of sp³-hybridized carbons (Fsp3) is 0.154. The van der Waals surface area contributed by atoms with Gasteiger partial charge in [-0.1, -0.05) is 0 Å². The fourth-order valence-electron chi connectivity index (χ4n) is 1.91. The van der Waals surface area contributed by atoms with Crippen molar-refractivity contribution in [3.63, 3.8) is 0 Å². The van der Waals surface area contributed by atoms with Crippen LogP contribution in [0.4, 0.5) is 11.4 Å². The molecule has 1 amide bonds. The Hall–Kier alpha value is -2.48. The van der Waals surface area contributed by atoms with Crippen LogP contribution in [-0.4, -0.2) is 22.5 Å². The van der Waals surface area contributed by atoms with E-state index < -0.39 is 0 Å². The predicted octanol–water partition coefficient (Wildman–Crippen LogP) is 1.14. The molecular formula is C13H12N4O3S. The van der Waals surface area contributed by atoms with E-state index in [9.17, 15) is 9.59 Å². The lowest BCUT2D eigenvalue weighted by atomic mass is 10.2. The Balaban J connectivity index is 1.97. The molecule has 0 saturated carbocycles. The Kier molecular flexibility index (Phi) is 3.30. The van der Waals surface area contributed by atoms with Crippen molar-refractivity contribution in [1.82, 2.24) is 9.97 Å². The van der Waals surface area contributed by atoms with Crippen molar-refractivity contribution in [2.45, 2.75) is 17.0 Å². The average molecular weight is 304 g/mol. The number of carbonyl (C=O) groups is 1. The number of nitrogens with one attached hydrogen (secondary N) is 2. The fourth-order valence-corrected chi connectivity index (χ4v) is 2.82. The maximum absolute atomic E-state index is 11.4. The van der Waals surface area contributed by atoms with Crippen LogP contribution in [0.2, 0.25) is 0 Å². The molecule has 0 unspecified atom stereocenters. The molecule has 2 aromatic rings. The topological polar surface area (TPSA) is 110 Å². The predicted molar refractivity (Wildman–Crippen MR) is 78.7 cm³/mol. The number of aryl methyl sites for hydroxylation is 1. The molecule has 0 fully saturated rings. The van der Waals surface area contributed by atoms with Crippen molar-refractivity contribution in [2.24, 2.45) is 0 Å². The Morgan fingerprint density at radius 1 is 1.33 bits per heavy atom. The molecule has 4 N–H and O–H groups in total. The van der Waals surface area contributed by atoms with E-state index in [2.05, 4.69) is 15.3 Å². The molecule has 8 heteroatoms. The van der Waals surface area contributed by atoms with Crippen LogP contribution in [0.1, 0.15) is 5.69 Å². The molecule has 0 atom stereocenters. The first-order valence-electron chi connectivity index (χ1n) is 6.13. The standard InChI is InChI=1S/C13H12N4O3S/c1-6-2-11(18)17-13(15-6)21-10-4-8-9(3-7(10)14)20-5-12(19)16-8/h2-4H,5,14H2,1H3,(H,16,19)(H,15,17,18). The summed E-state index contributed by atoms with van der Waals surface area (Å²) < 4.78 is 5.29. The number of ether oxygens (including phenoxy) is 1. The number of rotatable bonds is 2. The lowest BCUT2D eigenvalue weighted by molar-refractivity contribution is -0.118. The van der Waals surface area contributed by atoms with Crippen LogP contribution in [0.5, 0.6) is 5.75 Å². The Morgan fingerprint density at radius 3 is 2.90 bits per heavy atom. The average Bonchev–Trinajstić information content (AvgIpc) is 2.39. The SMILES string of the molecule is Cc1cc(=O)[nH]c(Sc2cc3c(cc2N)OCC(=O)N3)n1. The first kappa shape index (κ1) is 13.5. The molecule has 0 aliphatic carbocycles. The third-order valence-electron chi connectivity index (χ3n) is 2.80. The summed E-state index contributed by atoms with van der Waals surface area (Å²) in [6.07, 6.45) is 0. The van der Waals surface area contributed by atoms with Gasteiger partial charge in [0.1, 0.15) is 5.75 Å². The van der Waals surface area contributed by atoms with Gasteiger partial charge in [0.05, 0.1) is 5.69 Å². The van der Waals surface area contributed by atoms with Crippen molar-refractivity contribution in [1.29, 1.82) is 0 Å². The zero-order chi connectivity index (χ0) is 15.0. The Labute approximate surface area is 123 Å². The number of aromatic amines is 1. The second-order valence-electron chi connectivity index (χ2n) is 4.52. The quantitative estimate of drug-likeness (QED) is 0.567. The number of benzene rings is 1. The van der Waals surface area contributed by atoms with Crippen molar-refractivity contribution < 1.29 is 9.53 Å². The van der Waals surface area contributed by atoms with Crippen LogP contribution >= 0.6 is 11.8 Å². The van der Waals surface area contributed by atoms with Gasteiger partial charge in [0.2, 0.25) is 0 Å². The van der Waals surface area contributed by atoms with E-state index in [0.717, 1.165) is 0 Å². The molecule has 1 aliphatic heterocycles. The molecule has 2 heterocycles. The van der Waals surface area contributed by atoms with Gasteiger partial charge >= 0.3 is 0 Å². The van der Waals surface area contributed by atoms with Gasteiger partial charge in [0.25, 0.3) is 11.5 Å². The number of carbonyl (C=O) groups excluding carboxylic acids is 1. The molecule has 7 nitrogen and oxygen atoms in total.